The molecular weight excluding hydrogens is 314 g/mol. The number of aryl methyl sites for hydroxylation is 1. The number of piperazine rings is 1. The second-order valence-electron chi connectivity index (χ2n) is 5.80. The van der Waals surface area contributed by atoms with Crippen molar-refractivity contribution in [3.05, 3.63) is 23.7 Å². The molecule has 9 heteroatoms. The van der Waals surface area contributed by atoms with Gasteiger partial charge in [-0.05, 0) is 6.92 Å². The summed E-state index contributed by atoms with van der Waals surface area (Å²) in [6, 6.07) is 0.384. The van der Waals surface area contributed by atoms with Crippen LogP contribution in [0.15, 0.2) is 17.9 Å². The molecule has 124 valence electrons. The third-order valence-electron chi connectivity index (χ3n) is 4.09. The van der Waals surface area contributed by atoms with Crippen molar-refractivity contribution in [2.45, 2.75) is 19.5 Å². The van der Waals surface area contributed by atoms with Crippen molar-refractivity contribution in [1.82, 2.24) is 29.5 Å². The SMILES string of the molecule is C[C@@H]1CN(CC(=O)Nc2nncs2)CCN1Cc1nccn1C. The molecule has 1 fully saturated rings. The van der Waals surface area contributed by atoms with Gasteiger partial charge in [-0.1, -0.05) is 11.3 Å². The Kier molecular flexibility index (Phi) is 4.99. The molecule has 0 saturated carbocycles. The number of hydrogen-bond donors (Lipinski definition) is 1. The number of carbonyl (C=O) groups excluding carboxylic acids is 1. The maximum absolute atomic E-state index is 12.0. The van der Waals surface area contributed by atoms with Crippen molar-refractivity contribution in [2.24, 2.45) is 7.05 Å². The van der Waals surface area contributed by atoms with Gasteiger partial charge in [-0.2, -0.15) is 0 Å². The Balaban J connectivity index is 1.48. The zero-order valence-corrected chi connectivity index (χ0v) is 14.2. The van der Waals surface area contributed by atoms with Crippen molar-refractivity contribution in [3.8, 4) is 0 Å². The first kappa shape index (κ1) is 16.0. The molecule has 0 aliphatic carbocycles. The van der Waals surface area contributed by atoms with Crippen LogP contribution >= 0.6 is 11.3 Å². The highest BCUT2D eigenvalue weighted by molar-refractivity contribution is 7.13. The Morgan fingerprint density at radius 1 is 1.48 bits per heavy atom. The minimum atomic E-state index is -0.0356. The van der Waals surface area contributed by atoms with Gasteiger partial charge in [0.1, 0.15) is 11.3 Å². The van der Waals surface area contributed by atoms with E-state index < -0.39 is 0 Å². The van der Waals surface area contributed by atoms with Crippen molar-refractivity contribution >= 4 is 22.4 Å². The van der Waals surface area contributed by atoms with Gasteiger partial charge in [-0.25, -0.2) is 4.98 Å². The van der Waals surface area contributed by atoms with Gasteiger partial charge in [0.25, 0.3) is 0 Å². The molecule has 2 aromatic heterocycles. The predicted octanol–water partition coefficient (Wildman–Crippen LogP) is 0.416. The summed E-state index contributed by atoms with van der Waals surface area (Å²) < 4.78 is 2.05. The summed E-state index contributed by atoms with van der Waals surface area (Å²) in [4.78, 5) is 21.0. The van der Waals surface area contributed by atoms with Crippen molar-refractivity contribution in [2.75, 3.05) is 31.5 Å². The Bertz CT molecular complexity index is 641. The largest absolute Gasteiger partial charge is 0.337 e. The van der Waals surface area contributed by atoms with Gasteiger partial charge in [0, 0.05) is 45.1 Å². The Morgan fingerprint density at radius 3 is 3.00 bits per heavy atom. The molecule has 0 bridgehead atoms. The molecule has 1 aliphatic rings. The van der Waals surface area contributed by atoms with Crippen molar-refractivity contribution < 1.29 is 4.79 Å². The van der Waals surface area contributed by atoms with Crippen LogP contribution < -0.4 is 5.32 Å². The fourth-order valence-electron chi connectivity index (χ4n) is 2.77. The number of aromatic nitrogens is 4. The summed E-state index contributed by atoms with van der Waals surface area (Å²) in [6.07, 6.45) is 3.79. The lowest BCUT2D eigenvalue weighted by molar-refractivity contribution is -0.118. The van der Waals surface area contributed by atoms with Gasteiger partial charge in [0.15, 0.2) is 0 Å². The fraction of sp³-hybridized carbons (Fsp3) is 0.571. The van der Waals surface area contributed by atoms with Crippen molar-refractivity contribution in [3.63, 3.8) is 0 Å². The standard InChI is InChI=1S/C14H21N7OS/c1-11-7-20(9-13(22)17-14-18-16-10-23-14)5-6-21(11)8-12-15-3-4-19(12)2/h3-4,10-11H,5-9H2,1-2H3,(H,17,18,22)/t11-/m1/s1. The average molecular weight is 335 g/mol. The van der Waals surface area contributed by atoms with E-state index in [1.165, 1.54) is 11.3 Å². The molecule has 23 heavy (non-hydrogen) atoms. The minimum absolute atomic E-state index is 0.0356. The zero-order chi connectivity index (χ0) is 16.2. The van der Waals surface area contributed by atoms with E-state index in [0.717, 1.165) is 32.0 Å². The number of amides is 1. The van der Waals surface area contributed by atoms with E-state index in [1.54, 1.807) is 5.51 Å². The molecule has 3 heterocycles. The van der Waals surface area contributed by atoms with Gasteiger partial charge in [0.05, 0.1) is 13.1 Å². The number of nitrogens with one attached hydrogen (secondary N) is 1. The topological polar surface area (TPSA) is 79.2 Å². The van der Waals surface area contributed by atoms with Gasteiger partial charge in [-0.15, -0.1) is 10.2 Å². The number of imidazole rings is 1. The van der Waals surface area contributed by atoms with E-state index in [1.807, 2.05) is 19.4 Å². The molecule has 2 aromatic rings. The third-order valence-corrected chi connectivity index (χ3v) is 4.69. The fourth-order valence-corrected chi connectivity index (χ4v) is 3.23. The van der Waals surface area contributed by atoms with Gasteiger partial charge in [-0.3, -0.25) is 19.9 Å². The molecule has 0 aromatic carbocycles. The van der Waals surface area contributed by atoms with E-state index in [-0.39, 0.29) is 5.91 Å². The smallest absolute Gasteiger partial charge is 0.240 e. The average Bonchev–Trinajstić information content (AvgIpc) is 3.14. The minimum Gasteiger partial charge on any atom is -0.337 e. The molecule has 1 amide bonds. The highest BCUT2D eigenvalue weighted by Gasteiger charge is 2.25. The number of rotatable bonds is 5. The number of hydrogen-bond acceptors (Lipinski definition) is 7. The predicted molar refractivity (Wildman–Crippen MR) is 88.1 cm³/mol. The second-order valence-corrected chi connectivity index (χ2v) is 6.63. The lowest BCUT2D eigenvalue weighted by Crippen LogP contribution is -2.53. The van der Waals surface area contributed by atoms with E-state index in [0.29, 0.717) is 17.7 Å². The zero-order valence-electron chi connectivity index (χ0n) is 13.3. The summed E-state index contributed by atoms with van der Waals surface area (Å²) in [7, 11) is 2.01. The van der Waals surface area contributed by atoms with Crippen LogP contribution in [0, 0.1) is 0 Å². The van der Waals surface area contributed by atoms with Gasteiger partial charge >= 0.3 is 0 Å². The van der Waals surface area contributed by atoms with Crippen LogP contribution in [0.25, 0.3) is 0 Å². The monoisotopic (exact) mass is 335 g/mol. The van der Waals surface area contributed by atoms with Crippen LogP contribution in [0.2, 0.25) is 0 Å². The molecule has 1 aliphatic heterocycles. The third kappa shape index (κ3) is 4.12. The van der Waals surface area contributed by atoms with Crippen molar-refractivity contribution in [1.29, 1.82) is 0 Å². The van der Waals surface area contributed by atoms with Crippen LogP contribution in [0.3, 0.4) is 0 Å². The lowest BCUT2D eigenvalue weighted by Gasteiger charge is -2.39. The van der Waals surface area contributed by atoms with Crippen LogP contribution in [0.4, 0.5) is 5.13 Å². The normalized spacial score (nSPS) is 19.8. The highest BCUT2D eigenvalue weighted by Crippen LogP contribution is 2.13. The Labute approximate surface area is 139 Å². The van der Waals surface area contributed by atoms with E-state index in [2.05, 4.69) is 41.8 Å². The second kappa shape index (κ2) is 7.16. The molecule has 1 saturated heterocycles. The molecule has 0 spiro atoms. The molecule has 1 atom stereocenters. The summed E-state index contributed by atoms with van der Waals surface area (Å²) in [5, 5.41) is 10.9. The number of nitrogens with zero attached hydrogens (tertiary/aromatic N) is 6. The Morgan fingerprint density at radius 2 is 2.35 bits per heavy atom. The quantitative estimate of drug-likeness (QED) is 0.853. The van der Waals surface area contributed by atoms with Crippen LogP contribution in [-0.4, -0.2) is 67.7 Å². The first-order valence-electron chi connectivity index (χ1n) is 7.60. The summed E-state index contributed by atoms with van der Waals surface area (Å²) in [5.41, 5.74) is 1.61. The molecular formula is C14H21N7OS. The van der Waals surface area contributed by atoms with E-state index in [4.69, 9.17) is 0 Å². The van der Waals surface area contributed by atoms with E-state index >= 15 is 0 Å². The van der Waals surface area contributed by atoms with Gasteiger partial charge in [0.2, 0.25) is 11.0 Å². The lowest BCUT2D eigenvalue weighted by atomic mass is 10.2. The highest BCUT2D eigenvalue weighted by atomic mass is 32.1. The summed E-state index contributed by atoms with van der Waals surface area (Å²) in [5.74, 6) is 1.03. The molecule has 8 nitrogen and oxygen atoms in total. The van der Waals surface area contributed by atoms with Gasteiger partial charge < -0.3 is 4.57 Å². The van der Waals surface area contributed by atoms with E-state index in [9.17, 15) is 4.79 Å². The maximum atomic E-state index is 12.0. The molecule has 1 N–H and O–H groups in total. The molecule has 0 radical (unpaired) electrons. The molecule has 3 rings (SSSR count). The number of carbonyl (C=O) groups is 1. The Hall–Kier alpha value is -1.84. The van der Waals surface area contributed by atoms with Crippen LogP contribution in [0.5, 0.6) is 0 Å². The summed E-state index contributed by atoms with van der Waals surface area (Å²) in [6.45, 7) is 6.10. The first-order chi connectivity index (χ1) is 11.1. The van der Waals surface area contributed by atoms with Crippen LogP contribution in [0.1, 0.15) is 12.7 Å². The first-order valence-corrected chi connectivity index (χ1v) is 8.48. The maximum Gasteiger partial charge on any atom is 0.240 e. The number of anilines is 1. The molecule has 0 unspecified atom stereocenters. The summed E-state index contributed by atoms with van der Waals surface area (Å²) >= 11 is 1.33. The van der Waals surface area contributed by atoms with Crippen LogP contribution in [-0.2, 0) is 18.4 Å².